The molecule has 4 nitrogen and oxygen atoms in total. The van der Waals surface area contributed by atoms with Crippen LogP contribution in [0.3, 0.4) is 0 Å². The van der Waals surface area contributed by atoms with Gasteiger partial charge in [-0.05, 0) is 42.2 Å². The SMILES string of the molecule is CC(=O)N/N=C\c1ccc(OCCC(C)C)cc1. The van der Waals surface area contributed by atoms with E-state index >= 15 is 0 Å². The fraction of sp³-hybridized carbons (Fsp3) is 0.429. The molecule has 1 rings (SSSR count). The Morgan fingerprint density at radius 1 is 1.39 bits per heavy atom. The van der Waals surface area contributed by atoms with E-state index in [1.54, 1.807) is 6.21 Å². The average Bonchev–Trinajstić information content (AvgIpc) is 2.30. The Morgan fingerprint density at radius 3 is 2.61 bits per heavy atom. The van der Waals surface area contributed by atoms with Crippen LogP contribution in [0.5, 0.6) is 5.75 Å². The molecule has 0 aliphatic rings. The third-order valence-electron chi connectivity index (χ3n) is 2.28. The number of ether oxygens (including phenoxy) is 1. The zero-order valence-corrected chi connectivity index (χ0v) is 11.1. The summed E-state index contributed by atoms with van der Waals surface area (Å²) in [5.41, 5.74) is 3.27. The minimum atomic E-state index is -0.181. The van der Waals surface area contributed by atoms with Gasteiger partial charge in [-0.15, -0.1) is 0 Å². The Balaban J connectivity index is 2.42. The van der Waals surface area contributed by atoms with Crippen molar-refractivity contribution in [3.8, 4) is 5.75 Å². The highest BCUT2D eigenvalue weighted by Gasteiger charge is 1.96. The van der Waals surface area contributed by atoms with Gasteiger partial charge in [-0.25, -0.2) is 5.43 Å². The van der Waals surface area contributed by atoms with Crippen LogP contribution in [0.25, 0.3) is 0 Å². The summed E-state index contributed by atoms with van der Waals surface area (Å²) in [6, 6.07) is 7.59. The minimum Gasteiger partial charge on any atom is -0.494 e. The summed E-state index contributed by atoms with van der Waals surface area (Å²) in [4.78, 5) is 10.6. The van der Waals surface area contributed by atoms with Gasteiger partial charge in [0.05, 0.1) is 12.8 Å². The van der Waals surface area contributed by atoms with Gasteiger partial charge in [-0.2, -0.15) is 5.10 Å². The van der Waals surface area contributed by atoms with Crippen molar-refractivity contribution in [1.29, 1.82) is 0 Å². The maximum Gasteiger partial charge on any atom is 0.236 e. The second kappa shape index (κ2) is 7.48. The number of benzene rings is 1. The molecular weight excluding hydrogens is 228 g/mol. The summed E-state index contributed by atoms with van der Waals surface area (Å²) < 4.78 is 5.60. The molecule has 0 saturated carbocycles. The maximum atomic E-state index is 10.6. The van der Waals surface area contributed by atoms with Gasteiger partial charge in [-0.3, -0.25) is 4.79 Å². The monoisotopic (exact) mass is 248 g/mol. The summed E-state index contributed by atoms with van der Waals surface area (Å²) >= 11 is 0. The van der Waals surface area contributed by atoms with E-state index in [-0.39, 0.29) is 5.91 Å². The molecule has 0 aliphatic carbocycles. The van der Waals surface area contributed by atoms with Crippen molar-refractivity contribution in [1.82, 2.24) is 5.43 Å². The predicted molar refractivity (Wildman–Crippen MR) is 72.8 cm³/mol. The van der Waals surface area contributed by atoms with Crippen LogP contribution in [0, 0.1) is 5.92 Å². The van der Waals surface area contributed by atoms with E-state index in [1.165, 1.54) is 6.92 Å². The maximum absolute atomic E-state index is 10.6. The Kier molecular flexibility index (Phi) is 5.91. The smallest absolute Gasteiger partial charge is 0.236 e. The molecule has 0 bridgehead atoms. The molecule has 0 aliphatic heterocycles. The number of carbonyl (C=O) groups excluding carboxylic acids is 1. The van der Waals surface area contributed by atoms with Crippen molar-refractivity contribution in [2.45, 2.75) is 27.2 Å². The van der Waals surface area contributed by atoms with Crippen LogP contribution >= 0.6 is 0 Å². The van der Waals surface area contributed by atoms with Crippen LogP contribution in [-0.4, -0.2) is 18.7 Å². The summed E-state index contributed by atoms with van der Waals surface area (Å²) in [6.07, 6.45) is 2.64. The molecule has 0 spiro atoms. The van der Waals surface area contributed by atoms with Crippen molar-refractivity contribution in [2.75, 3.05) is 6.61 Å². The van der Waals surface area contributed by atoms with Crippen LogP contribution < -0.4 is 10.2 Å². The molecule has 0 heterocycles. The van der Waals surface area contributed by atoms with Crippen molar-refractivity contribution in [3.05, 3.63) is 29.8 Å². The Hall–Kier alpha value is -1.84. The molecule has 0 unspecified atom stereocenters. The highest BCUT2D eigenvalue weighted by Crippen LogP contribution is 2.12. The molecule has 0 radical (unpaired) electrons. The van der Waals surface area contributed by atoms with E-state index in [4.69, 9.17) is 4.74 Å². The minimum absolute atomic E-state index is 0.181. The van der Waals surface area contributed by atoms with Gasteiger partial charge in [0.15, 0.2) is 0 Å². The lowest BCUT2D eigenvalue weighted by atomic mass is 10.1. The van der Waals surface area contributed by atoms with Gasteiger partial charge < -0.3 is 4.74 Å². The number of carbonyl (C=O) groups is 1. The number of hydrogen-bond donors (Lipinski definition) is 1. The van der Waals surface area contributed by atoms with Gasteiger partial charge in [0, 0.05) is 6.92 Å². The summed E-state index contributed by atoms with van der Waals surface area (Å²) in [5, 5.41) is 3.79. The molecular formula is C14H20N2O2. The molecule has 0 aromatic heterocycles. The quantitative estimate of drug-likeness (QED) is 0.621. The second-order valence-corrected chi connectivity index (χ2v) is 4.53. The first kappa shape index (κ1) is 14.2. The van der Waals surface area contributed by atoms with E-state index in [0.29, 0.717) is 5.92 Å². The standard InChI is InChI=1S/C14H20N2O2/c1-11(2)8-9-18-14-6-4-13(5-7-14)10-15-16-12(3)17/h4-7,10-11H,8-9H2,1-3H3,(H,16,17)/b15-10-. The first-order chi connectivity index (χ1) is 8.58. The zero-order valence-electron chi connectivity index (χ0n) is 11.1. The molecule has 1 N–H and O–H groups in total. The van der Waals surface area contributed by atoms with Crippen LogP contribution in [-0.2, 0) is 4.79 Å². The number of hydrogen-bond acceptors (Lipinski definition) is 3. The van der Waals surface area contributed by atoms with Crippen molar-refractivity contribution >= 4 is 12.1 Å². The fourth-order valence-corrected chi connectivity index (χ4v) is 1.26. The lowest BCUT2D eigenvalue weighted by Crippen LogP contribution is -2.12. The first-order valence-electron chi connectivity index (χ1n) is 6.10. The molecule has 1 aromatic carbocycles. The predicted octanol–water partition coefficient (Wildman–Crippen LogP) is 2.58. The second-order valence-electron chi connectivity index (χ2n) is 4.53. The van der Waals surface area contributed by atoms with Crippen molar-refractivity contribution in [3.63, 3.8) is 0 Å². The molecule has 0 atom stereocenters. The normalized spacial score (nSPS) is 10.9. The third-order valence-corrected chi connectivity index (χ3v) is 2.28. The van der Waals surface area contributed by atoms with Crippen LogP contribution in [0.2, 0.25) is 0 Å². The topological polar surface area (TPSA) is 50.7 Å². The number of nitrogens with zero attached hydrogens (tertiary/aromatic N) is 1. The van der Waals surface area contributed by atoms with Crippen LogP contribution in [0.1, 0.15) is 32.8 Å². The largest absolute Gasteiger partial charge is 0.494 e. The Bertz CT molecular complexity index is 397. The Labute approximate surface area is 108 Å². The fourth-order valence-electron chi connectivity index (χ4n) is 1.26. The number of nitrogens with one attached hydrogen (secondary N) is 1. The van der Waals surface area contributed by atoms with Crippen molar-refractivity contribution < 1.29 is 9.53 Å². The van der Waals surface area contributed by atoms with Crippen LogP contribution in [0.15, 0.2) is 29.4 Å². The molecule has 0 fully saturated rings. The zero-order chi connectivity index (χ0) is 13.4. The van der Waals surface area contributed by atoms with Crippen LogP contribution in [0.4, 0.5) is 0 Å². The van der Waals surface area contributed by atoms with Gasteiger partial charge in [0.2, 0.25) is 5.91 Å². The van der Waals surface area contributed by atoms with E-state index in [9.17, 15) is 4.79 Å². The third kappa shape index (κ3) is 6.03. The first-order valence-corrected chi connectivity index (χ1v) is 6.10. The van der Waals surface area contributed by atoms with Gasteiger partial charge in [-0.1, -0.05) is 13.8 Å². The molecule has 18 heavy (non-hydrogen) atoms. The highest BCUT2D eigenvalue weighted by molar-refractivity contribution is 5.81. The summed E-state index contributed by atoms with van der Waals surface area (Å²) in [6.45, 7) is 6.50. The average molecular weight is 248 g/mol. The van der Waals surface area contributed by atoms with Gasteiger partial charge in [0.1, 0.15) is 5.75 Å². The summed E-state index contributed by atoms with van der Waals surface area (Å²) in [5.74, 6) is 1.32. The summed E-state index contributed by atoms with van der Waals surface area (Å²) in [7, 11) is 0. The lowest BCUT2D eigenvalue weighted by Gasteiger charge is -2.07. The number of rotatable bonds is 6. The van der Waals surface area contributed by atoms with E-state index in [2.05, 4.69) is 24.4 Å². The highest BCUT2D eigenvalue weighted by atomic mass is 16.5. The van der Waals surface area contributed by atoms with E-state index in [0.717, 1.165) is 24.3 Å². The number of amides is 1. The molecule has 4 heteroatoms. The number of hydrazone groups is 1. The van der Waals surface area contributed by atoms with Gasteiger partial charge >= 0.3 is 0 Å². The molecule has 1 aromatic rings. The Morgan fingerprint density at radius 2 is 2.06 bits per heavy atom. The molecule has 0 saturated heterocycles. The lowest BCUT2D eigenvalue weighted by molar-refractivity contribution is -0.118. The molecule has 1 amide bonds. The molecule has 98 valence electrons. The van der Waals surface area contributed by atoms with Gasteiger partial charge in [0.25, 0.3) is 0 Å². The van der Waals surface area contributed by atoms with E-state index in [1.807, 2.05) is 24.3 Å². The van der Waals surface area contributed by atoms with E-state index < -0.39 is 0 Å². The van der Waals surface area contributed by atoms with Crippen molar-refractivity contribution in [2.24, 2.45) is 11.0 Å².